The maximum atomic E-state index is 11.7. The highest BCUT2D eigenvalue weighted by atomic mass is 16.2. The third kappa shape index (κ3) is 2.76. The predicted molar refractivity (Wildman–Crippen MR) is 74.7 cm³/mol. The van der Waals surface area contributed by atoms with Crippen molar-refractivity contribution in [1.29, 1.82) is 0 Å². The highest BCUT2D eigenvalue weighted by Gasteiger charge is 2.22. The van der Waals surface area contributed by atoms with E-state index in [1.807, 2.05) is 18.2 Å². The van der Waals surface area contributed by atoms with E-state index in [1.165, 1.54) is 18.4 Å². The molecule has 1 heterocycles. The van der Waals surface area contributed by atoms with E-state index in [9.17, 15) is 4.79 Å². The number of nitrogens with zero attached hydrogens (tertiary/aromatic N) is 1. The molecule has 1 aromatic carbocycles. The molecule has 3 rings (SSSR count). The number of aromatic amines is 1. The molecule has 1 fully saturated rings. The van der Waals surface area contributed by atoms with Gasteiger partial charge in [-0.2, -0.15) is 5.10 Å². The van der Waals surface area contributed by atoms with Gasteiger partial charge < -0.3 is 10.6 Å². The standard InChI is InChI=1S/C14H16N4O/c1-9(10-2-3-10)7-15-14(19)17-12-5-4-11-8-16-18-13(11)6-12/h4-8,10H,2-3H2,1H3,(H,16,18)(H2,15,17,19)/b9-7+. The number of aromatic nitrogens is 2. The molecule has 0 saturated heterocycles. The zero-order valence-corrected chi connectivity index (χ0v) is 10.7. The number of fused-ring (bicyclic) bond motifs is 1. The number of benzene rings is 1. The minimum Gasteiger partial charge on any atom is -0.314 e. The minimum atomic E-state index is -0.223. The van der Waals surface area contributed by atoms with E-state index in [1.54, 1.807) is 12.4 Å². The molecule has 1 aromatic heterocycles. The zero-order chi connectivity index (χ0) is 13.2. The number of rotatable bonds is 3. The van der Waals surface area contributed by atoms with E-state index in [2.05, 4.69) is 27.8 Å². The lowest BCUT2D eigenvalue weighted by Gasteiger charge is -2.05. The quantitative estimate of drug-likeness (QED) is 0.790. The lowest BCUT2D eigenvalue weighted by molar-refractivity contribution is 0.255. The third-order valence-corrected chi connectivity index (χ3v) is 3.35. The summed E-state index contributed by atoms with van der Waals surface area (Å²) in [4.78, 5) is 11.7. The van der Waals surface area contributed by atoms with Gasteiger partial charge in [-0.05, 0) is 43.9 Å². The fraction of sp³-hybridized carbons (Fsp3) is 0.286. The highest BCUT2D eigenvalue weighted by Crippen LogP contribution is 2.35. The molecule has 5 nitrogen and oxygen atoms in total. The molecule has 2 amide bonds. The number of H-pyrrole nitrogens is 1. The van der Waals surface area contributed by atoms with E-state index >= 15 is 0 Å². The van der Waals surface area contributed by atoms with Crippen molar-refractivity contribution >= 4 is 22.6 Å². The molecule has 0 radical (unpaired) electrons. The molecule has 3 N–H and O–H groups in total. The monoisotopic (exact) mass is 256 g/mol. The lowest BCUT2D eigenvalue weighted by Crippen LogP contribution is -2.24. The van der Waals surface area contributed by atoms with Crippen molar-refractivity contribution < 1.29 is 4.79 Å². The molecule has 0 spiro atoms. The molecule has 0 unspecified atom stereocenters. The van der Waals surface area contributed by atoms with Gasteiger partial charge in [0.25, 0.3) is 0 Å². The van der Waals surface area contributed by atoms with Crippen molar-refractivity contribution in [3.05, 3.63) is 36.2 Å². The molecule has 98 valence electrons. The average molecular weight is 256 g/mol. The van der Waals surface area contributed by atoms with Crippen LogP contribution >= 0.6 is 0 Å². The fourth-order valence-electron chi connectivity index (χ4n) is 2.02. The number of amides is 2. The van der Waals surface area contributed by atoms with Crippen LogP contribution in [0.2, 0.25) is 0 Å². The van der Waals surface area contributed by atoms with Crippen molar-refractivity contribution in [2.24, 2.45) is 5.92 Å². The van der Waals surface area contributed by atoms with Gasteiger partial charge in [0.2, 0.25) is 0 Å². The Balaban J connectivity index is 1.63. The Morgan fingerprint density at radius 1 is 1.47 bits per heavy atom. The van der Waals surface area contributed by atoms with Crippen LogP contribution in [0.3, 0.4) is 0 Å². The van der Waals surface area contributed by atoms with E-state index < -0.39 is 0 Å². The summed E-state index contributed by atoms with van der Waals surface area (Å²) in [6.45, 7) is 2.05. The number of hydrogen-bond donors (Lipinski definition) is 3. The summed E-state index contributed by atoms with van der Waals surface area (Å²) in [5, 5.41) is 13.4. The van der Waals surface area contributed by atoms with Crippen LogP contribution in [0, 0.1) is 5.92 Å². The van der Waals surface area contributed by atoms with Crippen molar-refractivity contribution in [2.45, 2.75) is 19.8 Å². The summed E-state index contributed by atoms with van der Waals surface area (Å²) in [6, 6.07) is 5.41. The smallest absolute Gasteiger partial charge is 0.314 e. The summed E-state index contributed by atoms with van der Waals surface area (Å²) in [6.07, 6.45) is 6.02. The Kier molecular flexibility index (Phi) is 2.95. The van der Waals surface area contributed by atoms with Crippen LogP contribution in [0.5, 0.6) is 0 Å². The van der Waals surface area contributed by atoms with Gasteiger partial charge in [-0.1, -0.05) is 5.57 Å². The SMILES string of the molecule is C/C(=C\NC(=O)Nc1ccc2cn[nH]c2c1)C1CC1. The number of nitrogens with one attached hydrogen (secondary N) is 3. The van der Waals surface area contributed by atoms with Crippen LogP contribution in [0.4, 0.5) is 10.5 Å². The second kappa shape index (κ2) is 4.76. The third-order valence-electron chi connectivity index (χ3n) is 3.35. The summed E-state index contributed by atoms with van der Waals surface area (Å²) in [7, 11) is 0. The maximum absolute atomic E-state index is 11.7. The van der Waals surface area contributed by atoms with E-state index in [0.29, 0.717) is 5.92 Å². The van der Waals surface area contributed by atoms with Gasteiger partial charge in [0.05, 0.1) is 11.7 Å². The lowest BCUT2D eigenvalue weighted by atomic mass is 10.2. The second-order valence-corrected chi connectivity index (χ2v) is 4.93. The summed E-state index contributed by atoms with van der Waals surface area (Å²) >= 11 is 0. The van der Waals surface area contributed by atoms with Crippen molar-refractivity contribution in [3.8, 4) is 0 Å². The summed E-state index contributed by atoms with van der Waals surface area (Å²) < 4.78 is 0. The first-order chi connectivity index (χ1) is 9.22. The molecular weight excluding hydrogens is 240 g/mol. The van der Waals surface area contributed by atoms with Gasteiger partial charge in [-0.15, -0.1) is 0 Å². The Labute approximate surface area is 111 Å². The number of hydrogen-bond acceptors (Lipinski definition) is 2. The summed E-state index contributed by atoms with van der Waals surface area (Å²) in [5.74, 6) is 0.668. The number of carbonyl (C=O) groups is 1. The molecule has 1 saturated carbocycles. The molecule has 0 aliphatic heterocycles. The Bertz CT molecular complexity index is 640. The van der Waals surface area contributed by atoms with Gasteiger partial charge in [0.1, 0.15) is 0 Å². The topological polar surface area (TPSA) is 69.8 Å². The van der Waals surface area contributed by atoms with Crippen LogP contribution in [-0.2, 0) is 0 Å². The first-order valence-corrected chi connectivity index (χ1v) is 6.40. The molecule has 1 aliphatic carbocycles. The van der Waals surface area contributed by atoms with E-state index in [-0.39, 0.29) is 6.03 Å². The molecule has 5 heteroatoms. The zero-order valence-electron chi connectivity index (χ0n) is 10.7. The minimum absolute atomic E-state index is 0.223. The highest BCUT2D eigenvalue weighted by molar-refractivity contribution is 5.92. The van der Waals surface area contributed by atoms with Gasteiger partial charge in [-0.25, -0.2) is 4.79 Å². The van der Waals surface area contributed by atoms with Crippen LogP contribution in [0.25, 0.3) is 10.9 Å². The van der Waals surface area contributed by atoms with Crippen molar-refractivity contribution in [3.63, 3.8) is 0 Å². The molecular formula is C14H16N4O. The molecule has 0 atom stereocenters. The Hall–Kier alpha value is -2.30. The van der Waals surface area contributed by atoms with Gasteiger partial charge in [-0.3, -0.25) is 5.10 Å². The first kappa shape index (κ1) is 11.8. The number of anilines is 1. The van der Waals surface area contributed by atoms with Crippen molar-refractivity contribution in [2.75, 3.05) is 5.32 Å². The summed E-state index contributed by atoms with van der Waals surface area (Å²) in [5.41, 5.74) is 2.88. The molecule has 19 heavy (non-hydrogen) atoms. The van der Waals surface area contributed by atoms with E-state index in [4.69, 9.17) is 0 Å². The Morgan fingerprint density at radius 2 is 2.32 bits per heavy atom. The number of allylic oxidation sites excluding steroid dienone is 1. The maximum Gasteiger partial charge on any atom is 0.323 e. The van der Waals surface area contributed by atoms with Gasteiger partial charge in [0, 0.05) is 17.3 Å². The molecule has 1 aliphatic rings. The number of urea groups is 1. The van der Waals surface area contributed by atoms with Crippen molar-refractivity contribution in [1.82, 2.24) is 15.5 Å². The number of carbonyl (C=O) groups excluding carboxylic acids is 1. The van der Waals surface area contributed by atoms with Crippen LogP contribution in [0.1, 0.15) is 19.8 Å². The average Bonchev–Trinajstić information content (AvgIpc) is 3.15. The van der Waals surface area contributed by atoms with Gasteiger partial charge in [0.15, 0.2) is 0 Å². The second-order valence-electron chi connectivity index (χ2n) is 4.93. The van der Waals surface area contributed by atoms with Crippen LogP contribution < -0.4 is 10.6 Å². The van der Waals surface area contributed by atoms with Gasteiger partial charge >= 0.3 is 6.03 Å². The fourth-order valence-corrected chi connectivity index (χ4v) is 2.02. The first-order valence-electron chi connectivity index (χ1n) is 6.40. The van der Waals surface area contributed by atoms with E-state index in [0.717, 1.165) is 16.6 Å². The van der Waals surface area contributed by atoms with Crippen LogP contribution in [0.15, 0.2) is 36.2 Å². The predicted octanol–water partition coefficient (Wildman–Crippen LogP) is 3.00. The molecule has 2 aromatic rings. The molecule has 0 bridgehead atoms. The normalized spacial score (nSPS) is 15.5. The Morgan fingerprint density at radius 3 is 3.11 bits per heavy atom. The van der Waals surface area contributed by atoms with Crippen LogP contribution in [-0.4, -0.2) is 16.2 Å². The largest absolute Gasteiger partial charge is 0.323 e.